The standard InChI is InChI=1S/C17H22N4O2/c1-3-20-8-10-21(11-9-20)16-7-5-4-6-14(16)18-17(22)15-12-13(2)23-19-15/h4-7,12H,3,8-11H2,1-2H3,(H,18,22). The number of para-hydroxylation sites is 2. The number of hydrogen-bond donors (Lipinski definition) is 1. The molecule has 0 saturated carbocycles. The minimum absolute atomic E-state index is 0.249. The molecule has 23 heavy (non-hydrogen) atoms. The largest absolute Gasteiger partial charge is 0.367 e. The van der Waals surface area contributed by atoms with Crippen LogP contribution < -0.4 is 10.2 Å². The molecule has 1 amide bonds. The summed E-state index contributed by atoms with van der Waals surface area (Å²) in [6.07, 6.45) is 0. The highest BCUT2D eigenvalue weighted by atomic mass is 16.5. The third-order valence-corrected chi connectivity index (χ3v) is 4.17. The highest BCUT2D eigenvalue weighted by molar-refractivity contribution is 6.04. The second kappa shape index (κ2) is 6.83. The molecule has 0 atom stereocenters. The summed E-state index contributed by atoms with van der Waals surface area (Å²) in [6.45, 7) is 9.04. The Morgan fingerprint density at radius 2 is 2.00 bits per heavy atom. The second-order valence-electron chi connectivity index (χ2n) is 5.72. The number of piperazine rings is 1. The summed E-state index contributed by atoms with van der Waals surface area (Å²) in [4.78, 5) is 17.0. The first-order chi connectivity index (χ1) is 11.2. The van der Waals surface area contributed by atoms with E-state index < -0.39 is 0 Å². The fourth-order valence-electron chi connectivity index (χ4n) is 2.82. The number of amides is 1. The van der Waals surface area contributed by atoms with Crippen LogP contribution in [-0.2, 0) is 0 Å². The van der Waals surface area contributed by atoms with Crippen LogP contribution in [0.5, 0.6) is 0 Å². The lowest BCUT2D eigenvalue weighted by Crippen LogP contribution is -2.46. The molecule has 2 aromatic rings. The van der Waals surface area contributed by atoms with E-state index >= 15 is 0 Å². The molecule has 122 valence electrons. The lowest BCUT2D eigenvalue weighted by atomic mass is 10.2. The molecule has 3 rings (SSSR count). The first kappa shape index (κ1) is 15.6. The molecular formula is C17H22N4O2. The molecule has 1 aromatic carbocycles. The van der Waals surface area contributed by atoms with Gasteiger partial charge in [-0.05, 0) is 25.6 Å². The van der Waals surface area contributed by atoms with Crippen molar-refractivity contribution in [2.45, 2.75) is 13.8 Å². The van der Waals surface area contributed by atoms with Crippen molar-refractivity contribution in [1.82, 2.24) is 10.1 Å². The van der Waals surface area contributed by atoms with E-state index in [1.165, 1.54) is 0 Å². The van der Waals surface area contributed by atoms with Gasteiger partial charge < -0.3 is 19.6 Å². The fourth-order valence-corrected chi connectivity index (χ4v) is 2.82. The van der Waals surface area contributed by atoms with Crippen molar-refractivity contribution in [3.05, 3.63) is 41.8 Å². The Labute approximate surface area is 136 Å². The number of hydrogen-bond acceptors (Lipinski definition) is 5. The monoisotopic (exact) mass is 314 g/mol. The molecule has 1 aromatic heterocycles. The molecule has 2 heterocycles. The van der Waals surface area contributed by atoms with Gasteiger partial charge in [-0.1, -0.05) is 24.2 Å². The first-order valence-electron chi connectivity index (χ1n) is 7.98. The van der Waals surface area contributed by atoms with E-state index in [0.29, 0.717) is 11.5 Å². The van der Waals surface area contributed by atoms with Crippen LogP contribution in [0.2, 0.25) is 0 Å². The Hall–Kier alpha value is -2.34. The van der Waals surface area contributed by atoms with Crippen molar-refractivity contribution >= 4 is 17.3 Å². The highest BCUT2D eigenvalue weighted by Crippen LogP contribution is 2.27. The number of aryl methyl sites for hydroxylation is 1. The summed E-state index contributed by atoms with van der Waals surface area (Å²) in [5.74, 6) is 0.376. The lowest BCUT2D eigenvalue weighted by molar-refractivity contribution is 0.101. The molecular weight excluding hydrogens is 292 g/mol. The number of rotatable bonds is 4. The van der Waals surface area contributed by atoms with E-state index in [1.54, 1.807) is 13.0 Å². The summed E-state index contributed by atoms with van der Waals surface area (Å²) < 4.78 is 4.97. The predicted molar refractivity (Wildman–Crippen MR) is 90.0 cm³/mol. The summed E-state index contributed by atoms with van der Waals surface area (Å²) in [6, 6.07) is 9.53. The maximum absolute atomic E-state index is 12.3. The van der Waals surface area contributed by atoms with Crippen LogP contribution in [-0.4, -0.2) is 48.7 Å². The third kappa shape index (κ3) is 3.53. The molecule has 0 bridgehead atoms. The van der Waals surface area contributed by atoms with E-state index in [4.69, 9.17) is 4.52 Å². The van der Waals surface area contributed by atoms with E-state index in [1.807, 2.05) is 24.3 Å². The van der Waals surface area contributed by atoms with Gasteiger partial charge in [0.1, 0.15) is 5.76 Å². The van der Waals surface area contributed by atoms with Crippen molar-refractivity contribution < 1.29 is 9.32 Å². The SMILES string of the molecule is CCN1CCN(c2ccccc2NC(=O)c2cc(C)on2)CC1. The van der Waals surface area contributed by atoms with Gasteiger partial charge in [0, 0.05) is 32.2 Å². The summed E-state index contributed by atoms with van der Waals surface area (Å²) in [5, 5.41) is 6.71. The zero-order valence-corrected chi connectivity index (χ0v) is 13.6. The predicted octanol–water partition coefficient (Wildman–Crippen LogP) is 2.38. The van der Waals surface area contributed by atoms with E-state index in [9.17, 15) is 4.79 Å². The molecule has 6 heteroatoms. The van der Waals surface area contributed by atoms with Gasteiger partial charge in [0.2, 0.25) is 0 Å². The second-order valence-corrected chi connectivity index (χ2v) is 5.72. The Bertz CT molecular complexity index is 675. The fraction of sp³-hybridized carbons (Fsp3) is 0.412. The van der Waals surface area contributed by atoms with Crippen molar-refractivity contribution in [2.75, 3.05) is 42.9 Å². The van der Waals surface area contributed by atoms with Gasteiger partial charge in [-0.15, -0.1) is 0 Å². The van der Waals surface area contributed by atoms with Gasteiger partial charge in [0.05, 0.1) is 11.4 Å². The normalized spacial score (nSPS) is 15.7. The topological polar surface area (TPSA) is 61.6 Å². The average Bonchev–Trinajstić information content (AvgIpc) is 3.02. The van der Waals surface area contributed by atoms with E-state index in [2.05, 4.69) is 27.2 Å². The number of carbonyl (C=O) groups is 1. The van der Waals surface area contributed by atoms with Crippen LogP contribution in [0.1, 0.15) is 23.2 Å². The van der Waals surface area contributed by atoms with Crippen molar-refractivity contribution in [2.24, 2.45) is 0 Å². The molecule has 1 fully saturated rings. The molecule has 0 spiro atoms. The van der Waals surface area contributed by atoms with Crippen LogP contribution in [0.3, 0.4) is 0 Å². The highest BCUT2D eigenvalue weighted by Gasteiger charge is 2.19. The quantitative estimate of drug-likeness (QED) is 0.939. The zero-order valence-electron chi connectivity index (χ0n) is 13.6. The van der Waals surface area contributed by atoms with Crippen molar-refractivity contribution in [1.29, 1.82) is 0 Å². The van der Waals surface area contributed by atoms with Crippen LogP contribution in [0.4, 0.5) is 11.4 Å². The van der Waals surface area contributed by atoms with Crippen LogP contribution >= 0.6 is 0 Å². The maximum Gasteiger partial charge on any atom is 0.277 e. The number of nitrogens with zero attached hydrogens (tertiary/aromatic N) is 3. The Morgan fingerprint density at radius 3 is 2.65 bits per heavy atom. The van der Waals surface area contributed by atoms with Gasteiger partial charge in [-0.25, -0.2) is 0 Å². The maximum atomic E-state index is 12.3. The molecule has 6 nitrogen and oxygen atoms in total. The summed E-state index contributed by atoms with van der Waals surface area (Å²) in [5.41, 5.74) is 2.16. The molecule has 0 unspecified atom stereocenters. The van der Waals surface area contributed by atoms with Gasteiger partial charge in [-0.3, -0.25) is 4.79 Å². The molecule has 1 aliphatic heterocycles. The zero-order chi connectivity index (χ0) is 16.2. The minimum Gasteiger partial charge on any atom is -0.367 e. The number of anilines is 2. The molecule has 0 aliphatic carbocycles. The first-order valence-corrected chi connectivity index (χ1v) is 7.98. The Balaban J connectivity index is 1.74. The minimum atomic E-state index is -0.249. The molecule has 1 N–H and O–H groups in total. The summed E-state index contributed by atoms with van der Waals surface area (Å²) >= 11 is 0. The summed E-state index contributed by atoms with van der Waals surface area (Å²) in [7, 11) is 0. The van der Waals surface area contributed by atoms with Gasteiger partial charge in [0.15, 0.2) is 5.69 Å². The average molecular weight is 314 g/mol. The number of carbonyl (C=O) groups excluding carboxylic acids is 1. The van der Waals surface area contributed by atoms with Gasteiger partial charge in [0.25, 0.3) is 5.91 Å². The van der Waals surface area contributed by atoms with Crippen molar-refractivity contribution in [3.8, 4) is 0 Å². The third-order valence-electron chi connectivity index (χ3n) is 4.17. The van der Waals surface area contributed by atoms with Crippen LogP contribution in [0, 0.1) is 6.92 Å². The molecule has 1 saturated heterocycles. The van der Waals surface area contributed by atoms with E-state index in [-0.39, 0.29) is 5.91 Å². The van der Waals surface area contributed by atoms with Crippen LogP contribution in [0.25, 0.3) is 0 Å². The van der Waals surface area contributed by atoms with Gasteiger partial charge in [-0.2, -0.15) is 0 Å². The van der Waals surface area contributed by atoms with Gasteiger partial charge >= 0.3 is 0 Å². The van der Waals surface area contributed by atoms with Crippen LogP contribution in [0.15, 0.2) is 34.9 Å². The number of aromatic nitrogens is 1. The molecule has 0 radical (unpaired) electrons. The molecule has 1 aliphatic rings. The number of nitrogens with one attached hydrogen (secondary N) is 1. The van der Waals surface area contributed by atoms with E-state index in [0.717, 1.165) is 44.1 Å². The van der Waals surface area contributed by atoms with Crippen molar-refractivity contribution in [3.63, 3.8) is 0 Å². The number of benzene rings is 1. The smallest absolute Gasteiger partial charge is 0.277 e. The lowest BCUT2D eigenvalue weighted by Gasteiger charge is -2.36. The Morgan fingerprint density at radius 1 is 1.26 bits per heavy atom. The Kier molecular flexibility index (Phi) is 4.62. The number of likely N-dealkylation sites (N-methyl/N-ethyl adjacent to an activating group) is 1.